The fourth-order valence-corrected chi connectivity index (χ4v) is 1.82. The van der Waals surface area contributed by atoms with Crippen molar-refractivity contribution in [2.24, 2.45) is 0 Å². The summed E-state index contributed by atoms with van der Waals surface area (Å²) in [5, 5.41) is 2.99. The number of para-hydroxylation sites is 1. The molecule has 0 spiro atoms. The molecular weight excluding hydrogens is 178 g/mol. The first-order valence-corrected chi connectivity index (χ1v) is 4.87. The summed E-state index contributed by atoms with van der Waals surface area (Å²) in [5.74, 6) is 0. The van der Waals surface area contributed by atoms with Crippen molar-refractivity contribution in [1.29, 1.82) is 0 Å². The number of hydrogen-bond acceptors (Lipinski definition) is 1. The Morgan fingerprint density at radius 3 is 2.85 bits per heavy atom. The van der Waals surface area contributed by atoms with Crippen molar-refractivity contribution in [3.63, 3.8) is 0 Å². The molecule has 0 saturated carbocycles. The van der Waals surface area contributed by atoms with E-state index in [1.54, 1.807) is 5.37 Å². The second-order valence-electron chi connectivity index (χ2n) is 3.01. The quantitative estimate of drug-likeness (QED) is 0.657. The Morgan fingerprint density at radius 2 is 2.15 bits per heavy atom. The molecule has 66 valence electrons. The fourth-order valence-electron chi connectivity index (χ4n) is 1.63. The summed E-state index contributed by atoms with van der Waals surface area (Å²) in [5.41, 5.74) is 2.41. The highest BCUT2D eigenvalue weighted by molar-refractivity contribution is 7.79. The second kappa shape index (κ2) is 3.30. The monoisotopic (exact) mass is 189 g/mol. The first-order valence-electron chi connectivity index (χ1n) is 4.40. The van der Waals surface area contributed by atoms with Crippen LogP contribution in [0.2, 0.25) is 0 Å². The molecule has 1 heterocycles. The molecule has 0 amide bonds. The summed E-state index contributed by atoms with van der Waals surface area (Å²) in [6.07, 6.45) is 2.11. The van der Waals surface area contributed by atoms with Gasteiger partial charge in [0.05, 0.1) is 0 Å². The van der Waals surface area contributed by atoms with Gasteiger partial charge in [-0.15, -0.1) is 0 Å². The van der Waals surface area contributed by atoms with Gasteiger partial charge in [-0.1, -0.05) is 30.4 Å². The van der Waals surface area contributed by atoms with Crippen molar-refractivity contribution in [1.82, 2.24) is 4.57 Å². The lowest BCUT2D eigenvalue weighted by Crippen LogP contribution is -1.89. The van der Waals surface area contributed by atoms with Crippen LogP contribution in [0.1, 0.15) is 12.5 Å². The number of rotatable bonds is 2. The van der Waals surface area contributed by atoms with Crippen molar-refractivity contribution < 1.29 is 0 Å². The van der Waals surface area contributed by atoms with E-state index in [4.69, 9.17) is 12.2 Å². The van der Waals surface area contributed by atoms with Gasteiger partial charge in [0, 0.05) is 34.6 Å². The van der Waals surface area contributed by atoms with Crippen molar-refractivity contribution in [3.8, 4) is 0 Å². The van der Waals surface area contributed by atoms with E-state index in [0.29, 0.717) is 0 Å². The normalized spacial score (nSPS) is 10.5. The van der Waals surface area contributed by atoms with Crippen molar-refractivity contribution in [2.45, 2.75) is 13.5 Å². The minimum absolute atomic E-state index is 0.990. The van der Waals surface area contributed by atoms with Gasteiger partial charge in [0.15, 0.2) is 0 Å². The van der Waals surface area contributed by atoms with Crippen LogP contribution in [0.5, 0.6) is 0 Å². The van der Waals surface area contributed by atoms with Crippen LogP contribution in [-0.4, -0.2) is 9.93 Å². The van der Waals surface area contributed by atoms with Gasteiger partial charge in [-0.3, -0.25) is 0 Å². The van der Waals surface area contributed by atoms with E-state index in [-0.39, 0.29) is 0 Å². The van der Waals surface area contributed by atoms with Crippen LogP contribution in [0.15, 0.2) is 30.5 Å². The third-order valence-electron chi connectivity index (χ3n) is 2.29. The van der Waals surface area contributed by atoms with Crippen LogP contribution in [0.25, 0.3) is 10.9 Å². The van der Waals surface area contributed by atoms with E-state index in [2.05, 4.69) is 35.9 Å². The maximum absolute atomic E-state index is 4.97. The number of nitrogens with zero attached hydrogens (tertiary/aromatic N) is 1. The zero-order valence-electron chi connectivity index (χ0n) is 7.53. The summed E-state index contributed by atoms with van der Waals surface area (Å²) in [4.78, 5) is 0. The molecule has 0 bridgehead atoms. The van der Waals surface area contributed by atoms with Gasteiger partial charge in [-0.25, -0.2) is 0 Å². The van der Waals surface area contributed by atoms with E-state index < -0.39 is 0 Å². The number of benzene rings is 1. The maximum atomic E-state index is 4.97. The lowest BCUT2D eigenvalue weighted by Gasteiger charge is -1.97. The molecule has 0 aliphatic heterocycles. The zero-order chi connectivity index (χ0) is 9.26. The van der Waals surface area contributed by atoms with Crippen LogP contribution < -0.4 is 0 Å². The van der Waals surface area contributed by atoms with Gasteiger partial charge in [-0.05, 0) is 13.0 Å². The molecule has 2 aromatic rings. The molecule has 0 N–H and O–H groups in total. The summed E-state index contributed by atoms with van der Waals surface area (Å²) in [7, 11) is 0. The molecule has 0 saturated heterocycles. The standard InChI is InChI=1S/C11H11NS/c1-2-12-7-9(8-13)10-5-3-4-6-11(10)12/h3-8H,2H2,1H3. The third-order valence-corrected chi connectivity index (χ3v) is 2.54. The smallest absolute Gasteiger partial charge is 0.0486 e. The van der Waals surface area contributed by atoms with E-state index in [1.807, 2.05) is 6.07 Å². The number of hydrogen-bond donors (Lipinski definition) is 0. The number of thiocarbonyl (C=S) groups is 1. The summed E-state index contributed by atoms with van der Waals surface area (Å²) < 4.78 is 2.22. The molecule has 0 aliphatic rings. The predicted molar refractivity (Wildman–Crippen MR) is 60.4 cm³/mol. The minimum atomic E-state index is 0.990. The Labute approximate surface area is 83.0 Å². The molecule has 0 fully saturated rings. The molecule has 0 unspecified atom stereocenters. The van der Waals surface area contributed by atoms with E-state index >= 15 is 0 Å². The van der Waals surface area contributed by atoms with Crippen LogP contribution in [-0.2, 0) is 6.54 Å². The molecule has 0 radical (unpaired) electrons. The Hall–Kier alpha value is -1.15. The molecule has 0 aliphatic carbocycles. The highest BCUT2D eigenvalue weighted by Gasteiger charge is 2.03. The van der Waals surface area contributed by atoms with E-state index in [0.717, 1.165) is 12.1 Å². The highest BCUT2D eigenvalue weighted by atomic mass is 32.1. The van der Waals surface area contributed by atoms with Gasteiger partial charge in [0.1, 0.15) is 0 Å². The van der Waals surface area contributed by atoms with Gasteiger partial charge in [-0.2, -0.15) is 0 Å². The molecule has 2 rings (SSSR count). The fraction of sp³-hybridized carbons (Fsp3) is 0.182. The molecule has 2 heteroatoms. The highest BCUT2D eigenvalue weighted by Crippen LogP contribution is 2.19. The van der Waals surface area contributed by atoms with Crippen molar-refractivity contribution >= 4 is 28.5 Å². The average molecular weight is 189 g/mol. The van der Waals surface area contributed by atoms with Crippen LogP contribution in [0.3, 0.4) is 0 Å². The summed E-state index contributed by atoms with van der Waals surface area (Å²) >= 11 is 4.97. The first-order chi connectivity index (χ1) is 6.36. The third kappa shape index (κ3) is 1.27. The SMILES string of the molecule is CCn1cc(C=S)c2ccccc21. The largest absolute Gasteiger partial charge is 0.347 e. The maximum Gasteiger partial charge on any atom is 0.0486 e. The lowest BCUT2D eigenvalue weighted by atomic mass is 10.2. The predicted octanol–water partition coefficient (Wildman–Crippen LogP) is 3.01. The van der Waals surface area contributed by atoms with Gasteiger partial charge in [0.2, 0.25) is 0 Å². The van der Waals surface area contributed by atoms with Crippen LogP contribution in [0, 0.1) is 0 Å². The van der Waals surface area contributed by atoms with Crippen LogP contribution >= 0.6 is 12.2 Å². The summed E-state index contributed by atoms with van der Waals surface area (Å²) in [6, 6.07) is 8.34. The molecule has 13 heavy (non-hydrogen) atoms. The molecule has 1 nitrogen and oxygen atoms in total. The van der Waals surface area contributed by atoms with Gasteiger partial charge >= 0.3 is 0 Å². The minimum Gasteiger partial charge on any atom is -0.347 e. The Bertz CT molecular complexity index is 442. The van der Waals surface area contributed by atoms with Crippen LogP contribution in [0.4, 0.5) is 0 Å². The zero-order valence-corrected chi connectivity index (χ0v) is 8.34. The lowest BCUT2D eigenvalue weighted by molar-refractivity contribution is 0.797. The molecular formula is C11H11NS. The van der Waals surface area contributed by atoms with E-state index in [9.17, 15) is 0 Å². The summed E-state index contributed by atoms with van der Waals surface area (Å²) in [6.45, 7) is 3.13. The van der Waals surface area contributed by atoms with Gasteiger partial charge < -0.3 is 4.57 Å². The number of aromatic nitrogens is 1. The number of fused-ring (bicyclic) bond motifs is 1. The number of aryl methyl sites for hydroxylation is 1. The average Bonchev–Trinajstić information content (AvgIpc) is 2.56. The topological polar surface area (TPSA) is 4.93 Å². The molecule has 1 aromatic carbocycles. The Kier molecular flexibility index (Phi) is 2.15. The van der Waals surface area contributed by atoms with Crippen molar-refractivity contribution in [3.05, 3.63) is 36.0 Å². The van der Waals surface area contributed by atoms with Crippen molar-refractivity contribution in [2.75, 3.05) is 0 Å². The second-order valence-corrected chi connectivity index (χ2v) is 3.24. The Balaban J connectivity index is 2.81. The molecule has 1 aromatic heterocycles. The first kappa shape index (κ1) is 8.45. The Morgan fingerprint density at radius 1 is 1.38 bits per heavy atom. The molecule has 0 atom stereocenters. The van der Waals surface area contributed by atoms with Gasteiger partial charge in [0.25, 0.3) is 0 Å². The van der Waals surface area contributed by atoms with E-state index in [1.165, 1.54) is 10.9 Å².